The highest BCUT2D eigenvalue weighted by molar-refractivity contribution is 7.13. The summed E-state index contributed by atoms with van der Waals surface area (Å²) in [5.41, 5.74) is 1.15. The molecule has 26 heavy (non-hydrogen) atoms. The monoisotopic (exact) mass is 371 g/mol. The molecule has 0 radical (unpaired) electrons. The molecule has 0 aliphatic carbocycles. The van der Waals surface area contributed by atoms with Gasteiger partial charge in [0.1, 0.15) is 5.75 Å². The zero-order valence-corrected chi connectivity index (χ0v) is 15.8. The van der Waals surface area contributed by atoms with Crippen LogP contribution in [0.25, 0.3) is 10.7 Å². The molecule has 0 saturated carbocycles. The fourth-order valence-electron chi connectivity index (χ4n) is 2.44. The van der Waals surface area contributed by atoms with Gasteiger partial charge in [-0.2, -0.15) is 4.98 Å². The third-order valence-corrected chi connectivity index (χ3v) is 4.77. The Labute approximate surface area is 156 Å². The van der Waals surface area contributed by atoms with Gasteiger partial charge in [0.25, 0.3) is 5.91 Å². The quantitative estimate of drug-likeness (QED) is 0.630. The molecule has 136 valence electrons. The number of carbonyl (C=O) groups excluding carboxylic acids is 1. The smallest absolute Gasteiger partial charge is 0.263 e. The number of carbonyl (C=O) groups is 1. The number of amides is 1. The number of hydrogen-bond acceptors (Lipinski definition) is 6. The average molecular weight is 371 g/mol. The fraction of sp³-hybridized carbons (Fsp3) is 0.316. The third-order valence-electron chi connectivity index (χ3n) is 3.90. The van der Waals surface area contributed by atoms with Gasteiger partial charge < -0.3 is 14.2 Å². The molecule has 0 fully saturated rings. The first-order valence-corrected chi connectivity index (χ1v) is 9.29. The number of likely N-dealkylation sites (N-methyl/N-ethyl adjacent to an activating group) is 1. The minimum atomic E-state index is -0.553. The van der Waals surface area contributed by atoms with Gasteiger partial charge in [-0.25, -0.2) is 0 Å². The van der Waals surface area contributed by atoms with E-state index in [1.807, 2.05) is 55.6 Å². The molecule has 2 heterocycles. The Morgan fingerprint density at radius 3 is 2.73 bits per heavy atom. The van der Waals surface area contributed by atoms with Crippen molar-refractivity contribution in [1.29, 1.82) is 0 Å². The van der Waals surface area contributed by atoms with Crippen molar-refractivity contribution in [1.82, 2.24) is 15.0 Å². The molecule has 7 heteroatoms. The summed E-state index contributed by atoms with van der Waals surface area (Å²) in [5, 5.41) is 5.92. The van der Waals surface area contributed by atoms with E-state index < -0.39 is 6.10 Å². The summed E-state index contributed by atoms with van der Waals surface area (Å²) >= 11 is 1.54. The Hall–Kier alpha value is -2.67. The Morgan fingerprint density at radius 1 is 1.31 bits per heavy atom. The van der Waals surface area contributed by atoms with Crippen LogP contribution < -0.4 is 4.74 Å². The van der Waals surface area contributed by atoms with Crippen molar-refractivity contribution in [3.8, 4) is 16.5 Å². The lowest BCUT2D eigenvalue weighted by atomic mass is 10.2. The summed E-state index contributed by atoms with van der Waals surface area (Å²) in [6.45, 7) is 4.17. The van der Waals surface area contributed by atoms with E-state index in [0.717, 1.165) is 10.4 Å². The van der Waals surface area contributed by atoms with Crippen molar-refractivity contribution < 1.29 is 14.1 Å². The summed E-state index contributed by atoms with van der Waals surface area (Å²) in [6, 6.07) is 11.5. The maximum atomic E-state index is 12.7. The number of thiophene rings is 1. The molecule has 3 aromatic rings. The maximum Gasteiger partial charge on any atom is 0.263 e. The Morgan fingerprint density at radius 2 is 2.08 bits per heavy atom. The lowest BCUT2D eigenvalue weighted by Gasteiger charge is -2.22. The number of aromatic nitrogens is 2. The van der Waals surface area contributed by atoms with Gasteiger partial charge in [0.05, 0.1) is 11.4 Å². The highest BCUT2D eigenvalue weighted by Gasteiger charge is 2.24. The second-order valence-electron chi connectivity index (χ2n) is 6.01. The van der Waals surface area contributed by atoms with Gasteiger partial charge in [-0.1, -0.05) is 35.8 Å². The number of benzene rings is 1. The van der Waals surface area contributed by atoms with E-state index in [-0.39, 0.29) is 12.5 Å². The van der Waals surface area contributed by atoms with Crippen molar-refractivity contribution in [3.05, 3.63) is 53.2 Å². The van der Waals surface area contributed by atoms with E-state index in [2.05, 4.69) is 10.1 Å². The largest absolute Gasteiger partial charge is 0.481 e. The Bertz CT molecular complexity index is 843. The summed E-state index contributed by atoms with van der Waals surface area (Å²) < 4.78 is 11.1. The predicted molar refractivity (Wildman–Crippen MR) is 100.0 cm³/mol. The number of hydrogen-bond donors (Lipinski definition) is 0. The lowest BCUT2D eigenvalue weighted by molar-refractivity contribution is -0.138. The van der Waals surface area contributed by atoms with Gasteiger partial charge in [-0.15, -0.1) is 11.3 Å². The van der Waals surface area contributed by atoms with E-state index in [0.29, 0.717) is 23.9 Å². The lowest BCUT2D eigenvalue weighted by Crippen LogP contribution is -2.39. The van der Waals surface area contributed by atoms with Crippen LogP contribution >= 0.6 is 11.3 Å². The fourth-order valence-corrected chi connectivity index (χ4v) is 3.09. The van der Waals surface area contributed by atoms with E-state index in [4.69, 9.17) is 9.26 Å². The molecule has 0 spiro atoms. The molecule has 0 aliphatic heterocycles. The Balaban J connectivity index is 1.63. The molecule has 1 atom stereocenters. The van der Waals surface area contributed by atoms with Crippen molar-refractivity contribution in [2.24, 2.45) is 0 Å². The number of aryl methyl sites for hydroxylation is 1. The summed E-state index contributed by atoms with van der Waals surface area (Å²) in [7, 11) is 1.71. The zero-order valence-electron chi connectivity index (χ0n) is 15.0. The average Bonchev–Trinajstić information content (AvgIpc) is 3.32. The highest BCUT2D eigenvalue weighted by Crippen LogP contribution is 2.22. The SMILES string of the molecule is CCC(Oc1ccc(C)cc1)C(=O)N(C)Cc1nc(-c2cccs2)no1. The molecule has 1 unspecified atom stereocenters. The molecule has 0 N–H and O–H groups in total. The van der Waals surface area contributed by atoms with E-state index >= 15 is 0 Å². The number of rotatable bonds is 7. The summed E-state index contributed by atoms with van der Waals surface area (Å²) in [6.07, 6.45) is 0.0174. The van der Waals surface area contributed by atoms with Crippen molar-refractivity contribution in [3.63, 3.8) is 0 Å². The standard InChI is InChI=1S/C19H21N3O3S/c1-4-15(24-14-9-7-13(2)8-10-14)19(23)22(3)12-17-20-18(21-25-17)16-6-5-11-26-16/h5-11,15H,4,12H2,1-3H3. The third kappa shape index (κ3) is 4.29. The van der Waals surface area contributed by atoms with Crippen LogP contribution in [-0.2, 0) is 11.3 Å². The minimum Gasteiger partial charge on any atom is -0.481 e. The molecule has 0 saturated heterocycles. The maximum absolute atomic E-state index is 12.7. The second-order valence-corrected chi connectivity index (χ2v) is 6.96. The van der Waals surface area contributed by atoms with Crippen LogP contribution in [0.5, 0.6) is 5.75 Å². The molecule has 2 aromatic heterocycles. The van der Waals surface area contributed by atoms with E-state index in [1.165, 1.54) is 11.3 Å². The van der Waals surface area contributed by atoms with Crippen molar-refractivity contribution in [2.45, 2.75) is 32.9 Å². The van der Waals surface area contributed by atoms with Crippen molar-refractivity contribution >= 4 is 17.2 Å². The molecule has 1 aromatic carbocycles. The van der Waals surface area contributed by atoms with Gasteiger partial charge in [0, 0.05) is 7.05 Å². The summed E-state index contributed by atoms with van der Waals surface area (Å²) in [5.74, 6) is 1.50. The zero-order chi connectivity index (χ0) is 18.5. The van der Waals surface area contributed by atoms with Crippen LogP contribution in [-0.4, -0.2) is 34.1 Å². The van der Waals surface area contributed by atoms with Gasteiger partial charge in [0.15, 0.2) is 6.10 Å². The molecule has 6 nitrogen and oxygen atoms in total. The van der Waals surface area contributed by atoms with Crippen molar-refractivity contribution in [2.75, 3.05) is 7.05 Å². The molecular formula is C19H21N3O3S. The van der Waals surface area contributed by atoms with Crippen LogP contribution in [0, 0.1) is 6.92 Å². The topological polar surface area (TPSA) is 68.5 Å². The molecule has 3 rings (SSSR count). The number of nitrogens with zero attached hydrogens (tertiary/aromatic N) is 3. The first-order chi connectivity index (χ1) is 12.6. The summed E-state index contributed by atoms with van der Waals surface area (Å²) in [4.78, 5) is 19.5. The van der Waals surface area contributed by atoms with Crippen LogP contribution in [0.15, 0.2) is 46.3 Å². The number of ether oxygens (including phenoxy) is 1. The normalized spacial score (nSPS) is 12.0. The van der Waals surface area contributed by atoms with Gasteiger partial charge in [-0.05, 0) is 36.9 Å². The van der Waals surface area contributed by atoms with E-state index in [1.54, 1.807) is 11.9 Å². The molecule has 1 amide bonds. The minimum absolute atomic E-state index is 0.121. The van der Waals surface area contributed by atoms with Crippen LogP contribution in [0.2, 0.25) is 0 Å². The van der Waals surface area contributed by atoms with Gasteiger partial charge in [0.2, 0.25) is 11.7 Å². The van der Waals surface area contributed by atoms with E-state index in [9.17, 15) is 4.79 Å². The molecule has 0 aliphatic rings. The van der Waals surface area contributed by atoms with Gasteiger partial charge >= 0.3 is 0 Å². The first kappa shape index (κ1) is 18.1. The Kier molecular flexibility index (Phi) is 5.68. The van der Waals surface area contributed by atoms with Crippen LogP contribution in [0.1, 0.15) is 24.8 Å². The highest BCUT2D eigenvalue weighted by atomic mass is 32.1. The second kappa shape index (κ2) is 8.14. The predicted octanol–water partition coefficient (Wildman–Crippen LogP) is 3.92. The van der Waals surface area contributed by atoms with Gasteiger partial charge in [-0.3, -0.25) is 4.79 Å². The molecule has 0 bridgehead atoms. The van der Waals surface area contributed by atoms with Crippen LogP contribution in [0.3, 0.4) is 0 Å². The first-order valence-electron chi connectivity index (χ1n) is 8.41. The van der Waals surface area contributed by atoms with Crippen LogP contribution in [0.4, 0.5) is 0 Å². The molecular weight excluding hydrogens is 350 g/mol.